The Labute approximate surface area is 97.8 Å². The minimum atomic E-state index is -0.286. The summed E-state index contributed by atoms with van der Waals surface area (Å²) in [5, 5.41) is 8.82. The van der Waals surface area contributed by atoms with Crippen molar-refractivity contribution in [3.63, 3.8) is 0 Å². The average molecular weight is 223 g/mol. The molecule has 0 aliphatic carbocycles. The monoisotopic (exact) mass is 223 g/mol. The number of rotatable bonds is 1. The first-order valence-corrected chi connectivity index (χ1v) is 5.69. The molecule has 1 heterocycles. The number of nitrogens with zero attached hydrogens (tertiary/aromatic N) is 3. The molecule has 2 unspecified atom stereocenters. The zero-order chi connectivity index (χ0) is 12.5. The van der Waals surface area contributed by atoms with Gasteiger partial charge in [0, 0.05) is 25.2 Å². The van der Waals surface area contributed by atoms with Gasteiger partial charge in [0.25, 0.3) is 0 Å². The predicted octanol–water partition coefficient (Wildman–Crippen LogP) is 1.23. The molecule has 1 aliphatic rings. The molecule has 1 aliphatic heterocycles. The fraction of sp³-hybridized carbons (Fsp3) is 0.833. The molecule has 1 fully saturated rings. The largest absolute Gasteiger partial charge is 0.340 e. The molecule has 4 nitrogen and oxygen atoms in total. The van der Waals surface area contributed by atoms with Gasteiger partial charge in [0.1, 0.15) is 6.04 Å². The Morgan fingerprint density at radius 2 is 2.06 bits per heavy atom. The summed E-state index contributed by atoms with van der Waals surface area (Å²) < 4.78 is 0. The lowest BCUT2D eigenvalue weighted by molar-refractivity contribution is -0.147. The molecule has 2 atom stereocenters. The lowest BCUT2D eigenvalue weighted by Crippen LogP contribution is -2.64. The standard InChI is InChI=1S/C12H21N3O/c1-9-8-15(12(2,3)4)10(6-7-13)11(16)14(9)5/h9-10H,6,8H2,1-5H3. The second-order valence-corrected chi connectivity index (χ2v) is 5.50. The summed E-state index contributed by atoms with van der Waals surface area (Å²) in [7, 11) is 1.82. The number of likely N-dealkylation sites (N-methyl/N-ethyl adjacent to an activating group) is 1. The average Bonchev–Trinajstić information content (AvgIpc) is 2.17. The predicted molar refractivity (Wildman–Crippen MR) is 62.7 cm³/mol. The van der Waals surface area contributed by atoms with Crippen LogP contribution in [0, 0.1) is 11.3 Å². The molecule has 0 bridgehead atoms. The number of piperazine rings is 1. The van der Waals surface area contributed by atoms with Crippen LogP contribution in [0.15, 0.2) is 0 Å². The first kappa shape index (κ1) is 13.0. The molecular formula is C12H21N3O. The van der Waals surface area contributed by atoms with E-state index in [0.717, 1.165) is 6.54 Å². The third kappa shape index (κ3) is 2.35. The normalized spacial score (nSPS) is 28.0. The van der Waals surface area contributed by atoms with Gasteiger partial charge in [-0.05, 0) is 27.7 Å². The van der Waals surface area contributed by atoms with Gasteiger partial charge in [0.05, 0.1) is 12.5 Å². The summed E-state index contributed by atoms with van der Waals surface area (Å²) in [5.41, 5.74) is -0.0767. The lowest BCUT2D eigenvalue weighted by Gasteiger charge is -2.48. The van der Waals surface area contributed by atoms with Crippen LogP contribution in [-0.4, -0.2) is 46.9 Å². The first-order valence-electron chi connectivity index (χ1n) is 5.69. The Hall–Kier alpha value is -1.08. The van der Waals surface area contributed by atoms with Crippen molar-refractivity contribution in [2.45, 2.75) is 51.7 Å². The second kappa shape index (κ2) is 4.42. The molecule has 1 saturated heterocycles. The van der Waals surface area contributed by atoms with E-state index in [4.69, 9.17) is 5.26 Å². The van der Waals surface area contributed by atoms with Crippen molar-refractivity contribution in [1.82, 2.24) is 9.80 Å². The second-order valence-electron chi connectivity index (χ2n) is 5.50. The van der Waals surface area contributed by atoms with E-state index in [1.165, 1.54) is 0 Å². The number of hydrogen-bond acceptors (Lipinski definition) is 3. The van der Waals surface area contributed by atoms with E-state index in [1.54, 1.807) is 4.90 Å². The molecule has 0 aromatic carbocycles. The summed E-state index contributed by atoms with van der Waals surface area (Å²) in [5.74, 6) is 0.0650. The van der Waals surface area contributed by atoms with Crippen LogP contribution in [0.5, 0.6) is 0 Å². The van der Waals surface area contributed by atoms with Gasteiger partial charge >= 0.3 is 0 Å². The summed E-state index contributed by atoms with van der Waals surface area (Å²) in [4.78, 5) is 16.0. The van der Waals surface area contributed by atoms with Crippen molar-refractivity contribution < 1.29 is 4.79 Å². The van der Waals surface area contributed by atoms with Crippen LogP contribution < -0.4 is 0 Å². The summed E-state index contributed by atoms with van der Waals surface area (Å²) in [6.07, 6.45) is 0.271. The SMILES string of the molecule is CC1CN(C(C)(C)C)C(CC#N)C(=O)N1C. The van der Waals surface area contributed by atoms with Gasteiger partial charge in [-0.2, -0.15) is 5.26 Å². The topological polar surface area (TPSA) is 47.3 Å². The van der Waals surface area contributed by atoms with E-state index >= 15 is 0 Å². The van der Waals surface area contributed by atoms with Crippen LogP contribution in [0.3, 0.4) is 0 Å². The maximum Gasteiger partial charge on any atom is 0.241 e. The van der Waals surface area contributed by atoms with Gasteiger partial charge in [-0.15, -0.1) is 0 Å². The molecule has 0 saturated carbocycles. The van der Waals surface area contributed by atoms with E-state index in [2.05, 4.69) is 31.7 Å². The quantitative estimate of drug-likeness (QED) is 0.671. The van der Waals surface area contributed by atoms with E-state index in [1.807, 2.05) is 14.0 Å². The highest BCUT2D eigenvalue weighted by atomic mass is 16.2. The van der Waals surface area contributed by atoms with Crippen LogP contribution in [0.4, 0.5) is 0 Å². The third-order valence-electron chi connectivity index (χ3n) is 3.28. The van der Waals surface area contributed by atoms with Gasteiger partial charge in [-0.1, -0.05) is 0 Å². The molecule has 0 N–H and O–H groups in total. The Morgan fingerprint density at radius 1 is 1.50 bits per heavy atom. The van der Waals surface area contributed by atoms with Gasteiger partial charge in [0.2, 0.25) is 5.91 Å². The van der Waals surface area contributed by atoms with Crippen molar-refractivity contribution in [3.05, 3.63) is 0 Å². The van der Waals surface area contributed by atoms with Crippen molar-refractivity contribution in [3.8, 4) is 6.07 Å². The highest BCUT2D eigenvalue weighted by Gasteiger charge is 2.41. The highest BCUT2D eigenvalue weighted by Crippen LogP contribution is 2.25. The van der Waals surface area contributed by atoms with Gasteiger partial charge in [0.15, 0.2) is 0 Å². The van der Waals surface area contributed by atoms with Crippen LogP contribution in [0.2, 0.25) is 0 Å². The van der Waals surface area contributed by atoms with Crippen LogP contribution in [0.25, 0.3) is 0 Å². The fourth-order valence-corrected chi connectivity index (χ4v) is 2.15. The molecule has 16 heavy (non-hydrogen) atoms. The third-order valence-corrected chi connectivity index (χ3v) is 3.28. The minimum Gasteiger partial charge on any atom is -0.340 e. The van der Waals surface area contributed by atoms with Gasteiger partial charge in [-0.25, -0.2) is 0 Å². The van der Waals surface area contributed by atoms with E-state index in [0.29, 0.717) is 0 Å². The van der Waals surface area contributed by atoms with Gasteiger partial charge in [-0.3, -0.25) is 9.69 Å². The van der Waals surface area contributed by atoms with Crippen molar-refractivity contribution >= 4 is 5.91 Å². The van der Waals surface area contributed by atoms with Crippen molar-refractivity contribution in [2.75, 3.05) is 13.6 Å². The highest BCUT2D eigenvalue weighted by molar-refractivity contribution is 5.83. The first-order chi connectivity index (χ1) is 7.29. The van der Waals surface area contributed by atoms with Crippen molar-refractivity contribution in [2.24, 2.45) is 0 Å². The Morgan fingerprint density at radius 3 is 2.50 bits per heavy atom. The molecular weight excluding hydrogens is 202 g/mol. The fourth-order valence-electron chi connectivity index (χ4n) is 2.15. The summed E-state index contributed by atoms with van der Waals surface area (Å²) in [6, 6.07) is 2.04. The Bertz CT molecular complexity index is 313. The number of amides is 1. The molecule has 1 amide bonds. The number of hydrogen-bond donors (Lipinski definition) is 0. The molecule has 0 aromatic heterocycles. The van der Waals surface area contributed by atoms with Crippen molar-refractivity contribution in [1.29, 1.82) is 5.26 Å². The Kier molecular flexibility index (Phi) is 3.59. The maximum atomic E-state index is 12.1. The van der Waals surface area contributed by atoms with E-state index in [9.17, 15) is 4.79 Å². The van der Waals surface area contributed by atoms with E-state index < -0.39 is 0 Å². The molecule has 0 aromatic rings. The molecule has 1 rings (SSSR count). The lowest BCUT2D eigenvalue weighted by atomic mass is 9.96. The molecule has 0 radical (unpaired) electrons. The van der Waals surface area contributed by atoms with Crippen LogP contribution in [0.1, 0.15) is 34.1 Å². The van der Waals surface area contributed by atoms with Gasteiger partial charge < -0.3 is 4.90 Å². The molecule has 4 heteroatoms. The number of carbonyl (C=O) groups is 1. The number of carbonyl (C=O) groups excluding carboxylic acids is 1. The zero-order valence-corrected chi connectivity index (χ0v) is 10.8. The number of nitriles is 1. The molecule has 90 valence electrons. The maximum absolute atomic E-state index is 12.1. The summed E-state index contributed by atoms with van der Waals surface area (Å²) in [6.45, 7) is 9.13. The minimum absolute atomic E-state index is 0.0650. The Balaban J connectivity index is 2.98. The summed E-state index contributed by atoms with van der Waals surface area (Å²) >= 11 is 0. The smallest absolute Gasteiger partial charge is 0.241 e. The van der Waals surface area contributed by atoms with Crippen LogP contribution in [-0.2, 0) is 4.79 Å². The van der Waals surface area contributed by atoms with E-state index in [-0.39, 0.29) is 30.0 Å². The van der Waals surface area contributed by atoms with Crippen LogP contribution >= 0.6 is 0 Å². The zero-order valence-electron chi connectivity index (χ0n) is 10.8. The molecule has 0 spiro atoms.